The first-order chi connectivity index (χ1) is 9.36. The lowest BCUT2D eigenvalue weighted by atomic mass is 10.00. The minimum absolute atomic E-state index is 0.378. The van der Waals surface area contributed by atoms with Gasteiger partial charge in [0.05, 0.1) is 5.56 Å². The summed E-state index contributed by atoms with van der Waals surface area (Å²) in [5.74, 6) is 0.683. The van der Waals surface area contributed by atoms with Gasteiger partial charge in [0, 0.05) is 18.8 Å². The van der Waals surface area contributed by atoms with Crippen LogP contribution in [0.25, 0.3) is 0 Å². The zero-order chi connectivity index (χ0) is 14.8. The number of rotatable bonds is 1. The van der Waals surface area contributed by atoms with E-state index >= 15 is 0 Å². The van der Waals surface area contributed by atoms with Gasteiger partial charge in [0.15, 0.2) is 5.11 Å². The van der Waals surface area contributed by atoms with Crippen LogP contribution in [-0.2, 0) is 6.18 Å². The van der Waals surface area contributed by atoms with Gasteiger partial charge < -0.3 is 10.2 Å². The molecule has 2 nitrogen and oxygen atoms in total. The number of likely N-dealkylation sites (tertiary alicyclic amines) is 1. The Morgan fingerprint density at radius 3 is 2.55 bits per heavy atom. The molecule has 0 aromatic heterocycles. The summed E-state index contributed by atoms with van der Waals surface area (Å²) in [5.41, 5.74) is -0.291. The topological polar surface area (TPSA) is 15.3 Å². The molecule has 0 saturated carbocycles. The number of alkyl halides is 3. The largest absolute Gasteiger partial charge is 0.416 e. The number of thiocarbonyl (C=S) groups is 1. The minimum atomic E-state index is -4.33. The molecule has 0 radical (unpaired) electrons. The fourth-order valence-electron chi connectivity index (χ4n) is 2.19. The average Bonchev–Trinajstić information content (AvgIpc) is 2.38. The molecule has 0 bridgehead atoms. The van der Waals surface area contributed by atoms with E-state index < -0.39 is 11.7 Å². The van der Waals surface area contributed by atoms with Gasteiger partial charge in [-0.3, -0.25) is 0 Å². The maximum absolute atomic E-state index is 12.6. The Morgan fingerprint density at radius 2 is 1.95 bits per heavy atom. The van der Waals surface area contributed by atoms with Crippen molar-refractivity contribution in [3.8, 4) is 0 Å². The number of nitrogens with one attached hydrogen (secondary N) is 1. The van der Waals surface area contributed by atoms with Crippen LogP contribution in [0.1, 0.15) is 25.3 Å². The van der Waals surface area contributed by atoms with Crippen LogP contribution in [0.2, 0.25) is 0 Å². The van der Waals surface area contributed by atoms with Gasteiger partial charge in [-0.05, 0) is 49.2 Å². The highest BCUT2D eigenvalue weighted by Crippen LogP contribution is 2.30. The van der Waals surface area contributed by atoms with Crippen molar-refractivity contribution in [2.75, 3.05) is 18.4 Å². The van der Waals surface area contributed by atoms with Crippen LogP contribution in [0.3, 0.4) is 0 Å². The van der Waals surface area contributed by atoms with Gasteiger partial charge in [0.25, 0.3) is 0 Å². The zero-order valence-electron chi connectivity index (χ0n) is 11.2. The van der Waals surface area contributed by atoms with Crippen molar-refractivity contribution in [1.82, 2.24) is 4.90 Å². The quantitative estimate of drug-likeness (QED) is 0.785. The molecule has 0 spiro atoms. The highest BCUT2D eigenvalue weighted by atomic mass is 32.1. The normalized spacial score (nSPS) is 17.1. The van der Waals surface area contributed by atoms with Crippen molar-refractivity contribution in [3.05, 3.63) is 29.8 Å². The molecule has 0 aliphatic carbocycles. The molecule has 1 aliphatic rings. The molecule has 0 amide bonds. The zero-order valence-corrected chi connectivity index (χ0v) is 12.0. The summed E-state index contributed by atoms with van der Waals surface area (Å²) >= 11 is 5.26. The first-order valence-electron chi connectivity index (χ1n) is 6.59. The van der Waals surface area contributed by atoms with Gasteiger partial charge in [-0.15, -0.1) is 0 Å². The molecule has 0 unspecified atom stereocenters. The van der Waals surface area contributed by atoms with Crippen molar-refractivity contribution >= 4 is 23.0 Å². The fraction of sp³-hybridized carbons (Fsp3) is 0.500. The van der Waals surface area contributed by atoms with Crippen molar-refractivity contribution < 1.29 is 13.2 Å². The fourth-order valence-corrected chi connectivity index (χ4v) is 2.49. The third kappa shape index (κ3) is 3.85. The van der Waals surface area contributed by atoms with Crippen molar-refractivity contribution in [2.24, 2.45) is 5.92 Å². The molecule has 1 saturated heterocycles. The Morgan fingerprint density at radius 1 is 1.30 bits per heavy atom. The van der Waals surface area contributed by atoms with E-state index in [9.17, 15) is 13.2 Å². The van der Waals surface area contributed by atoms with E-state index in [-0.39, 0.29) is 0 Å². The lowest BCUT2D eigenvalue weighted by Gasteiger charge is -2.32. The third-order valence-corrected chi connectivity index (χ3v) is 3.87. The summed E-state index contributed by atoms with van der Waals surface area (Å²) in [6, 6.07) is 5.11. The van der Waals surface area contributed by atoms with Gasteiger partial charge in [-0.25, -0.2) is 0 Å². The van der Waals surface area contributed by atoms with Crippen LogP contribution in [0.4, 0.5) is 18.9 Å². The summed E-state index contributed by atoms with van der Waals surface area (Å²) in [5, 5.41) is 3.39. The van der Waals surface area contributed by atoms with Crippen molar-refractivity contribution in [2.45, 2.75) is 25.9 Å². The predicted molar refractivity (Wildman–Crippen MR) is 77.6 cm³/mol. The Bertz CT molecular complexity index is 480. The van der Waals surface area contributed by atoms with Gasteiger partial charge in [-0.2, -0.15) is 13.2 Å². The van der Waals surface area contributed by atoms with Gasteiger partial charge >= 0.3 is 6.18 Å². The summed E-state index contributed by atoms with van der Waals surface area (Å²) in [7, 11) is 0. The number of nitrogens with zero attached hydrogens (tertiary/aromatic N) is 1. The smallest absolute Gasteiger partial charge is 0.349 e. The number of piperidine rings is 1. The van der Waals surface area contributed by atoms with E-state index in [2.05, 4.69) is 12.2 Å². The molecular weight excluding hydrogens is 285 g/mol. The molecule has 110 valence electrons. The van der Waals surface area contributed by atoms with Crippen LogP contribution in [0, 0.1) is 5.92 Å². The molecule has 1 fully saturated rings. The van der Waals surface area contributed by atoms with Crippen LogP contribution in [-0.4, -0.2) is 23.1 Å². The number of anilines is 1. The van der Waals surface area contributed by atoms with E-state index in [1.807, 2.05) is 4.90 Å². The first-order valence-corrected chi connectivity index (χ1v) is 7.00. The number of benzene rings is 1. The number of halogens is 3. The summed E-state index contributed by atoms with van der Waals surface area (Å²) in [6.45, 7) is 3.90. The van der Waals surface area contributed by atoms with Gasteiger partial charge in [0.2, 0.25) is 0 Å². The van der Waals surface area contributed by atoms with E-state index in [0.717, 1.165) is 38.1 Å². The highest BCUT2D eigenvalue weighted by molar-refractivity contribution is 7.80. The Balaban J connectivity index is 2.01. The molecular formula is C14H17F3N2S. The molecule has 0 atom stereocenters. The lowest BCUT2D eigenvalue weighted by molar-refractivity contribution is -0.137. The van der Waals surface area contributed by atoms with Crippen LogP contribution in [0.5, 0.6) is 0 Å². The van der Waals surface area contributed by atoms with Crippen LogP contribution in [0.15, 0.2) is 24.3 Å². The van der Waals surface area contributed by atoms with E-state index in [1.54, 1.807) is 6.07 Å². The van der Waals surface area contributed by atoms with E-state index in [0.29, 0.717) is 16.7 Å². The minimum Gasteiger partial charge on any atom is -0.349 e. The van der Waals surface area contributed by atoms with Crippen LogP contribution < -0.4 is 5.32 Å². The molecule has 2 rings (SSSR count). The average molecular weight is 302 g/mol. The van der Waals surface area contributed by atoms with Gasteiger partial charge in [-0.1, -0.05) is 13.0 Å². The maximum atomic E-state index is 12.6. The lowest BCUT2D eigenvalue weighted by Crippen LogP contribution is -2.40. The third-order valence-electron chi connectivity index (χ3n) is 3.51. The van der Waals surface area contributed by atoms with Crippen molar-refractivity contribution in [1.29, 1.82) is 0 Å². The van der Waals surface area contributed by atoms with Crippen LogP contribution >= 0.6 is 12.2 Å². The Kier molecular flexibility index (Phi) is 4.52. The molecule has 1 aromatic rings. The second kappa shape index (κ2) is 5.99. The molecule has 1 aromatic carbocycles. The molecule has 1 aliphatic heterocycles. The molecule has 1 heterocycles. The Labute approximate surface area is 122 Å². The standard InChI is InChI=1S/C14H17F3N2S/c1-10-5-7-19(8-6-10)13(20)18-12-4-2-3-11(9-12)14(15,16)17/h2-4,9-10H,5-8H2,1H3,(H,18,20). The summed E-state index contributed by atoms with van der Waals surface area (Å²) in [4.78, 5) is 2.01. The summed E-state index contributed by atoms with van der Waals surface area (Å²) < 4.78 is 37.9. The van der Waals surface area contributed by atoms with E-state index in [1.165, 1.54) is 6.07 Å². The number of hydrogen-bond acceptors (Lipinski definition) is 1. The maximum Gasteiger partial charge on any atom is 0.416 e. The molecule has 1 N–H and O–H groups in total. The second-order valence-corrected chi connectivity index (χ2v) is 5.56. The second-order valence-electron chi connectivity index (χ2n) is 5.18. The monoisotopic (exact) mass is 302 g/mol. The van der Waals surface area contributed by atoms with E-state index in [4.69, 9.17) is 12.2 Å². The molecule has 6 heteroatoms. The van der Waals surface area contributed by atoms with Gasteiger partial charge in [0.1, 0.15) is 0 Å². The number of hydrogen-bond donors (Lipinski definition) is 1. The van der Waals surface area contributed by atoms with Crippen molar-refractivity contribution in [3.63, 3.8) is 0 Å². The first kappa shape index (κ1) is 15.1. The molecule has 20 heavy (non-hydrogen) atoms. The SMILES string of the molecule is CC1CCN(C(=S)Nc2cccc(C(F)(F)F)c2)CC1. The highest BCUT2D eigenvalue weighted by Gasteiger charge is 2.30. The predicted octanol–water partition coefficient (Wildman–Crippen LogP) is 4.13. The summed E-state index contributed by atoms with van der Waals surface area (Å²) in [6.07, 6.45) is -2.21. The Hall–Kier alpha value is -1.30.